The van der Waals surface area contributed by atoms with Gasteiger partial charge in [-0.05, 0) is 6.42 Å². The second kappa shape index (κ2) is 16.8. The Balaban J connectivity index is 4.91. The first-order valence-electron chi connectivity index (χ1n) is 9.63. The van der Waals surface area contributed by atoms with Gasteiger partial charge < -0.3 is 14.4 Å². The van der Waals surface area contributed by atoms with Crippen molar-refractivity contribution in [2.75, 3.05) is 51.4 Å². The van der Waals surface area contributed by atoms with Gasteiger partial charge >= 0.3 is 24.0 Å². The number of hydrogen-bond donors (Lipinski definition) is 2. The largest absolute Gasteiger partial charge is 0.464 e. The van der Waals surface area contributed by atoms with Crippen molar-refractivity contribution in [3.8, 4) is 0 Å². The molecule has 0 radical (unpaired) electrons. The molecule has 0 fully saturated rings. The lowest BCUT2D eigenvalue weighted by Crippen LogP contribution is -2.51. The second-order valence-electron chi connectivity index (χ2n) is 6.18. The summed E-state index contributed by atoms with van der Waals surface area (Å²) >= 11 is 7.86. The van der Waals surface area contributed by atoms with Crippen molar-refractivity contribution in [2.24, 2.45) is 0 Å². The van der Waals surface area contributed by atoms with Gasteiger partial charge in [0.15, 0.2) is 0 Å². The van der Waals surface area contributed by atoms with Crippen LogP contribution in [-0.4, -0.2) is 96.5 Å². The third-order valence-corrected chi connectivity index (χ3v) is 4.26. The van der Waals surface area contributed by atoms with Crippen molar-refractivity contribution < 1.29 is 33.4 Å². The van der Waals surface area contributed by atoms with E-state index >= 15 is 0 Å². The highest BCUT2D eigenvalue weighted by Gasteiger charge is 2.28. The fraction of sp³-hybridized carbons (Fsp3) is 0.722. The molecule has 0 bridgehead atoms. The summed E-state index contributed by atoms with van der Waals surface area (Å²) in [5, 5.41) is 0. The van der Waals surface area contributed by atoms with Crippen molar-refractivity contribution in [3.05, 3.63) is 0 Å². The van der Waals surface area contributed by atoms with E-state index in [1.54, 1.807) is 0 Å². The molecule has 0 saturated heterocycles. The van der Waals surface area contributed by atoms with Gasteiger partial charge in [-0.1, -0.05) is 13.3 Å². The number of likely N-dealkylation sites (N-methyl/N-ethyl adjacent to an activating group) is 1. The Hall–Kier alpha value is -1.95. The molecule has 172 valence electrons. The molecule has 0 saturated carbocycles. The molecule has 30 heavy (non-hydrogen) atoms. The fourth-order valence-corrected chi connectivity index (χ4v) is 2.49. The summed E-state index contributed by atoms with van der Waals surface area (Å²) in [6.07, 6.45) is 1.84. The number of rotatable bonds is 14. The molecule has 10 nitrogen and oxygen atoms in total. The third kappa shape index (κ3) is 11.3. The maximum absolute atomic E-state index is 12.7. The van der Waals surface area contributed by atoms with Crippen LogP contribution in [0.4, 0.5) is 9.59 Å². The Morgan fingerprint density at radius 3 is 1.87 bits per heavy atom. The Morgan fingerprint density at radius 2 is 1.40 bits per heavy atom. The summed E-state index contributed by atoms with van der Waals surface area (Å²) in [5.41, 5.74) is 0. The van der Waals surface area contributed by atoms with E-state index in [0.717, 1.165) is 16.2 Å². The van der Waals surface area contributed by atoms with Crippen LogP contribution >= 0.6 is 25.3 Å². The molecular weight excluding hydrogens is 434 g/mol. The van der Waals surface area contributed by atoms with E-state index in [1.165, 1.54) is 11.9 Å². The number of ether oxygens (including phenoxy) is 2. The molecule has 0 spiro atoms. The first-order chi connectivity index (χ1) is 14.3. The molecule has 0 aliphatic heterocycles. The third-order valence-electron chi connectivity index (χ3n) is 3.81. The molecule has 0 rings (SSSR count). The highest BCUT2D eigenvalue weighted by Crippen LogP contribution is 2.06. The van der Waals surface area contributed by atoms with Gasteiger partial charge in [-0.25, -0.2) is 14.5 Å². The van der Waals surface area contributed by atoms with Crippen LogP contribution < -0.4 is 0 Å². The number of imide groups is 2. The number of carbonyl (C=O) groups excluding carboxylic acids is 5. The molecule has 5 amide bonds. The molecule has 0 unspecified atom stereocenters. The van der Waals surface area contributed by atoms with E-state index in [0.29, 0.717) is 24.3 Å². The summed E-state index contributed by atoms with van der Waals surface area (Å²) in [4.78, 5) is 62.5. The normalized spacial score (nSPS) is 10.1. The predicted octanol–water partition coefficient (Wildman–Crippen LogP) is 1.44. The average molecular weight is 466 g/mol. The van der Waals surface area contributed by atoms with Crippen molar-refractivity contribution in [1.82, 2.24) is 14.7 Å². The highest BCUT2D eigenvalue weighted by atomic mass is 32.1. The van der Waals surface area contributed by atoms with Crippen molar-refractivity contribution >= 4 is 55.7 Å². The maximum atomic E-state index is 12.7. The smallest absolute Gasteiger partial charge is 0.334 e. The average Bonchev–Trinajstić information content (AvgIpc) is 2.71. The number of thiol groups is 2. The van der Waals surface area contributed by atoms with Gasteiger partial charge in [0.2, 0.25) is 6.41 Å². The predicted molar refractivity (Wildman–Crippen MR) is 117 cm³/mol. The lowest BCUT2D eigenvalue weighted by Gasteiger charge is -2.29. The van der Waals surface area contributed by atoms with Crippen molar-refractivity contribution in [2.45, 2.75) is 32.6 Å². The first kappa shape index (κ1) is 28.1. The van der Waals surface area contributed by atoms with Crippen LogP contribution in [0.15, 0.2) is 0 Å². The van der Waals surface area contributed by atoms with Crippen LogP contribution in [0.2, 0.25) is 0 Å². The molecule has 0 atom stereocenters. The van der Waals surface area contributed by atoms with Gasteiger partial charge in [-0.2, -0.15) is 25.3 Å². The van der Waals surface area contributed by atoms with Gasteiger partial charge in [-0.15, -0.1) is 0 Å². The summed E-state index contributed by atoms with van der Waals surface area (Å²) in [7, 11) is 1.46. The molecule has 0 N–H and O–H groups in total. The minimum Gasteiger partial charge on any atom is -0.464 e. The van der Waals surface area contributed by atoms with E-state index in [9.17, 15) is 24.0 Å². The van der Waals surface area contributed by atoms with Crippen molar-refractivity contribution in [3.63, 3.8) is 0 Å². The number of urea groups is 2. The summed E-state index contributed by atoms with van der Waals surface area (Å²) in [6.45, 7) is 1.71. The topological polar surface area (TPSA) is 114 Å². The number of hydrogen-bond acceptors (Lipinski definition) is 9. The quantitative estimate of drug-likeness (QED) is 0.227. The Morgan fingerprint density at radius 1 is 0.867 bits per heavy atom. The van der Waals surface area contributed by atoms with Crippen LogP contribution in [0.1, 0.15) is 32.6 Å². The number of carbonyl (C=O) groups is 5. The van der Waals surface area contributed by atoms with E-state index in [4.69, 9.17) is 9.47 Å². The van der Waals surface area contributed by atoms with Gasteiger partial charge in [0.25, 0.3) is 0 Å². The monoisotopic (exact) mass is 465 g/mol. The van der Waals surface area contributed by atoms with E-state index in [1.807, 2.05) is 6.92 Å². The van der Waals surface area contributed by atoms with Crippen LogP contribution in [0.5, 0.6) is 0 Å². The minimum atomic E-state index is -0.812. The van der Waals surface area contributed by atoms with Gasteiger partial charge in [0, 0.05) is 25.1 Å². The zero-order valence-electron chi connectivity index (χ0n) is 17.4. The SMILES string of the molecule is CCCCN(C(=O)N(C)CCOC(=O)CCS)C(=O)N(C=O)CCOC(=O)CCS. The van der Waals surface area contributed by atoms with E-state index < -0.39 is 24.0 Å². The highest BCUT2D eigenvalue weighted by molar-refractivity contribution is 7.80. The Labute approximate surface area is 188 Å². The van der Waals surface area contributed by atoms with Gasteiger partial charge in [0.05, 0.1) is 25.9 Å². The molecule has 12 heteroatoms. The van der Waals surface area contributed by atoms with Crippen LogP contribution in [0.3, 0.4) is 0 Å². The summed E-state index contributed by atoms with van der Waals surface area (Å²) in [6, 6.07) is -1.44. The number of nitrogens with zero attached hydrogens (tertiary/aromatic N) is 3. The van der Waals surface area contributed by atoms with Crippen LogP contribution in [-0.2, 0) is 23.9 Å². The van der Waals surface area contributed by atoms with E-state index in [2.05, 4.69) is 25.3 Å². The second-order valence-corrected chi connectivity index (χ2v) is 7.07. The lowest BCUT2D eigenvalue weighted by atomic mass is 10.3. The van der Waals surface area contributed by atoms with Gasteiger partial charge in [0.1, 0.15) is 13.2 Å². The first-order valence-corrected chi connectivity index (χ1v) is 10.9. The number of amides is 5. The summed E-state index contributed by atoms with van der Waals surface area (Å²) < 4.78 is 9.90. The molecule has 0 aliphatic rings. The summed E-state index contributed by atoms with van der Waals surface area (Å²) in [5.74, 6) is -0.234. The number of esters is 2. The molecular formula is C18H31N3O7S2. The van der Waals surface area contributed by atoms with Crippen LogP contribution in [0.25, 0.3) is 0 Å². The minimum absolute atomic E-state index is 0.0247. The van der Waals surface area contributed by atoms with Crippen LogP contribution in [0, 0.1) is 0 Å². The van der Waals surface area contributed by atoms with Gasteiger partial charge in [-0.3, -0.25) is 19.3 Å². The lowest BCUT2D eigenvalue weighted by molar-refractivity contribution is -0.144. The molecule has 0 aromatic rings. The zero-order chi connectivity index (χ0) is 22.9. The molecule has 0 aromatic carbocycles. The number of unbranched alkanes of at least 4 members (excludes halogenated alkanes) is 1. The molecule has 0 heterocycles. The molecule has 0 aromatic heterocycles. The standard InChI is InChI=1S/C18H31N3O7S2/c1-3-4-7-21(17(25)19(2)8-10-27-15(23)5-12-29)18(26)20(14-22)9-11-28-16(24)6-13-30/h14,29-30H,3-13H2,1-2H3. The Kier molecular flexibility index (Phi) is 15.7. The van der Waals surface area contributed by atoms with Crippen molar-refractivity contribution in [1.29, 1.82) is 0 Å². The molecule has 0 aliphatic carbocycles. The Bertz CT molecular complexity index is 578. The zero-order valence-corrected chi connectivity index (χ0v) is 19.2. The van der Waals surface area contributed by atoms with E-state index in [-0.39, 0.29) is 45.7 Å². The fourth-order valence-electron chi connectivity index (χ4n) is 2.12. The maximum Gasteiger partial charge on any atom is 0.334 e.